The van der Waals surface area contributed by atoms with E-state index in [0.29, 0.717) is 12.2 Å². The van der Waals surface area contributed by atoms with Gasteiger partial charge in [-0.3, -0.25) is 9.78 Å². The highest BCUT2D eigenvalue weighted by Gasteiger charge is 2.28. The van der Waals surface area contributed by atoms with Crippen molar-refractivity contribution in [3.8, 4) is 0 Å². The fourth-order valence-electron chi connectivity index (χ4n) is 2.24. The molecule has 1 aliphatic heterocycles. The minimum absolute atomic E-state index is 0.0725. The van der Waals surface area contributed by atoms with Crippen LogP contribution in [0.4, 0.5) is 5.69 Å². The van der Waals surface area contributed by atoms with Crippen LogP contribution < -0.4 is 10.2 Å². The topological polar surface area (TPSA) is 65.5 Å². The van der Waals surface area contributed by atoms with Crippen LogP contribution in [0, 0.1) is 0 Å². The minimum atomic E-state index is -0.564. The van der Waals surface area contributed by atoms with E-state index < -0.39 is 6.10 Å². The second-order valence-corrected chi connectivity index (χ2v) is 4.53. The molecule has 0 radical (unpaired) electrons. The molecule has 1 aromatic heterocycles. The first-order valence-electron chi connectivity index (χ1n) is 6.32. The zero-order valence-electron chi connectivity index (χ0n) is 10.8. The highest BCUT2D eigenvalue weighted by Crippen LogP contribution is 2.21. The summed E-state index contributed by atoms with van der Waals surface area (Å²) in [5.41, 5.74) is 1.58. The van der Waals surface area contributed by atoms with Crippen molar-refractivity contribution in [2.45, 2.75) is 32.4 Å². The van der Waals surface area contributed by atoms with Gasteiger partial charge in [0.15, 0.2) is 0 Å². The van der Waals surface area contributed by atoms with Gasteiger partial charge in [-0.2, -0.15) is 0 Å². The van der Waals surface area contributed by atoms with Crippen molar-refractivity contribution in [3.63, 3.8) is 0 Å². The molecule has 2 heterocycles. The summed E-state index contributed by atoms with van der Waals surface area (Å²) in [7, 11) is 0. The van der Waals surface area contributed by atoms with Crippen molar-refractivity contribution in [2.24, 2.45) is 0 Å². The van der Waals surface area contributed by atoms with Gasteiger partial charge >= 0.3 is 0 Å². The molecule has 1 aliphatic rings. The largest absolute Gasteiger partial charge is 0.387 e. The number of nitrogens with zero attached hydrogens (tertiary/aromatic N) is 2. The summed E-state index contributed by atoms with van der Waals surface area (Å²) >= 11 is 0. The molecule has 1 amide bonds. The third-order valence-corrected chi connectivity index (χ3v) is 3.25. The molecule has 5 heteroatoms. The maximum absolute atomic E-state index is 11.8. The highest BCUT2D eigenvalue weighted by atomic mass is 16.3. The third-order valence-electron chi connectivity index (χ3n) is 3.25. The van der Waals surface area contributed by atoms with Gasteiger partial charge in [-0.15, -0.1) is 0 Å². The van der Waals surface area contributed by atoms with E-state index in [1.165, 1.54) is 0 Å². The Hall–Kier alpha value is -1.62. The van der Waals surface area contributed by atoms with Crippen LogP contribution in [0.25, 0.3) is 0 Å². The normalized spacial score (nSPS) is 21.6. The van der Waals surface area contributed by atoms with Gasteiger partial charge in [-0.25, -0.2) is 0 Å². The molecule has 98 valence electrons. The van der Waals surface area contributed by atoms with Gasteiger partial charge in [0, 0.05) is 13.1 Å². The van der Waals surface area contributed by atoms with Crippen LogP contribution in [0.15, 0.2) is 18.3 Å². The van der Waals surface area contributed by atoms with E-state index in [1.54, 1.807) is 19.2 Å². The quantitative estimate of drug-likeness (QED) is 0.833. The number of aliphatic hydroxyl groups excluding tert-OH is 1. The highest BCUT2D eigenvalue weighted by molar-refractivity contribution is 5.86. The molecule has 1 saturated heterocycles. The van der Waals surface area contributed by atoms with Gasteiger partial charge in [0.2, 0.25) is 5.91 Å². The Morgan fingerprint density at radius 3 is 2.94 bits per heavy atom. The fourth-order valence-corrected chi connectivity index (χ4v) is 2.24. The molecule has 1 fully saturated rings. The Morgan fingerprint density at radius 1 is 1.61 bits per heavy atom. The van der Waals surface area contributed by atoms with E-state index in [9.17, 15) is 9.90 Å². The Labute approximate surface area is 107 Å². The second-order valence-electron chi connectivity index (χ2n) is 4.53. The summed E-state index contributed by atoms with van der Waals surface area (Å²) in [5.74, 6) is 0.0725. The lowest BCUT2D eigenvalue weighted by molar-refractivity contribution is -0.123. The molecule has 1 aromatic rings. The Morgan fingerprint density at radius 2 is 2.39 bits per heavy atom. The van der Waals surface area contributed by atoms with E-state index in [1.807, 2.05) is 13.0 Å². The monoisotopic (exact) mass is 249 g/mol. The Bertz CT molecular complexity index is 417. The molecule has 0 aromatic carbocycles. The van der Waals surface area contributed by atoms with E-state index >= 15 is 0 Å². The lowest BCUT2D eigenvalue weighted by Gasteiger charge is -2.36. The summed E-state index contributed by atoms with van der Waals surface area (Å²) < 4.78 is 0. The first-order valence-corrected chi connectivity index (χ1v) is 6.32. The number of piperazine rings is 1. The number of nitrogens with one attached hydrogen (secondary N) is 1. The lowest BCUT2D eigenvalue weighted by atomic mass is 10.1. The number of carbonyl (C=O) groups excluding carboxylic acids is 1. The number of amides is 1. The summed E-state index contributed by atoms with van der Waals surface area (Å²) in [5, 5.41) is 12.3. The van der Waals surface area contributed by atoms with Gasteiger partial charge in [-0.1, -0.05) is 6.92 Å². The van der Waals surface area contributed by atoms with Crippen molar-refractivity contribution in [1.82, 2.24) is 10.3 Å². The Balaban J connectivity index is 2.21. The van der Waals surface area contributed by atoms with Crippen molar-refractivity contribution in [2.75, 3.05) is 18.0 Å². The average molecular weight is 249 g/mol. The van der Waals surface area contributed by atoms with Gasteiger partial charge < -0.3 is 15.3 Å². The molecule has 2 atom stereocenters. The predicted octanol–water partition coefficient (Wildman–Crippen LogP) is 0.850. The number of pyridine rings is 1. The first kappa shape index (κ1) is 12.8. The molecule has 0 spiro atoms. The van der Waals surface area contributed by atoms with Gasteiger partial charge in [0.05, 0.1) is 23.7 Å². The fraction of sp³-hybridized carbons (Fsp3) is 0.538. The van der Waals surface area contributed by atoms with Crippen LogP contribution in [-0.4, -0.2) is 35.1 Å². The number of hydrogen-bond donors (Lipinski definition) is 2. The van der Waals surface area contributed by atoms with Crippen LogP contribution in [0.1, 0.15) is 32.1 Å². The zero-order valence-corrected chi connectivity index (χ0v) is 10.8. The SMILES string of the molecule is CCC1C(=O)NCCN1c1ccc([C@@H](C)O)nc1. The molecule has 5 nitrogen and oxygen atoms in total. The van der Waals surface area contributed by atoms with Crippen LogP contribution in [0.3, 0.4) is 0 Å². The molecular formula is C13H19N3O2. The van der Waals surface area contributed by atoms with Gasteiger partial charge in [-0.05, 0) is 25.5 Å². The number of rotatable bonds is 3. The number of anilines is 1. The van der Waals surface area contributed by atoms with E-state index in [4.69, 9.17) is 0 Å². The van der Waals surface area contributed by atoms with Gasteiger partial charge in [0.1, 0.15) is 6.04 Å². The van der Waals surface area contributed by atoms with Crippen LogP contribution in [-0.2, 0) is 4.79 Å². The smallest absolute Gasteiger partial charge is 0.242 e. The number of hydrogen-bond acceptors (Lipinski definition) is 4. The van der Waals surface area contributed by atoms with Gasteiger partial charge in [0.25, 0.3) is 0 Å². The molecule has 18 heavy (non-hydrogen) atoms. The number of aliphatic hydroxyl groups is 1. The lowest BCUT2D eigenvalue weighted by Crippen LogP contribution is -2.55. The standard InChI is InChI=1S/C13H19N3O2/c1-3-12-13(18)14-6-7-16(12)10-4-5-11(9(2)17)15-8-10/h4-5,8-9,12,17H,3,6-7H2,1-2H3,(H,14,18)/t9-,12?/m1/s1. The molecule has 0 saturated carbocycles. The molecular weight excluding hydrogens is 230 g/mol. The van der Waals surface area contributed by atoms with E-state index in [0.717, 1.165) is 18.7 Å². The Kier molecular flexibility index (Phi) is 3.81. The van der Waals surface area contributed by atoms with Crippen LogP contribution >= 0.6 is 0 Å². The molecule has 2 N–H and O–H groups in total. The van der Waals surface area contributed by atoms with E-state index in [2.05, 4.69) is 15.2 Å². The maximum atomic E-state index is 11.8. The van der Waals surface area contributed by atoms with Crippen LogP contribution in [0.2, 0.25) is 0 Å². The average Bonchev–Trinajstić information content (AvgIpc) is 2.38. The summed E-state index contributed by atoms with van der Waals surface area (Å²) in [6.07, 6.45) is 1.93. The van der Waals surface area contributed by atoms with Crippen molar-refractivity contribution in [3.05, 3.63) is 24.0 Å². The minimum Gasteiger partial charge on any atom is -0.387 e. The summed E-state index contributed by atoms with van der Waals surface area (Å²) in [6, 6.07) is 3.59. The van der Waals surface area contributed by atoms with Crippen LogP contribution in [0.5, 0.6) is 0 Å². The zero-order chi connectivity index (χ0) is 13.1. The summed E-state index contributed by atoms with van der Waals surface area (Å²) in [4.78, 5) is 18.1. The maximum Gasteiger partial charge on any atom is 0.242 e. The predicted molar refractivity (Wildman–Crippen MR) is 69.3 cm³/mol. The molecule has 1 unspecified atom stereocenters. The van der Waals surface area contributed by atoms with Crippen molar-refractivity contribution in [1.29, 1.82) is 0 Å². The number of carbonyl (C=O) groups is 1. The summed E-state index contributed by atoms with van der Waals surface area (Å²) in [6.45, 7) is 5.14. The number of aromatic nitrogens is 1. The molecule has 0 aliphatic carbocycles. The van der Waals surface area contributed by atoms with E-state index in [-0.39, 0.29) is 11.9 Å². The first-order chi connectivity index (χ1) is 8.63. The second kappa shape index (κ2) is 5.35. The third kappa shape index (κ3) is 2.46. The van der Waals surface area contributed by atoms with Crippen molar-refractivity contribution < 1.29 is 9.90 Å². The van der Waals surface area contributed by atoms with Crippen molar-refractivity contribution >= 4 is 11.6 Å². The molecule has 2 rings (SSSR count). The molecule has 0 bridgehead atoms.